The molecule has 0 aliphatic carbocycles. The van der Waals surface area contributed by atoms with E-state index in [0.717, 1.165) is 0 Å². The smallest absolute Gasteiger partial charge is 0.306 e. The van der Waals surface area contributed by atoms with E-state index in [1.54, 1.807) is 0 Å². The zero-order valence-corrected chi connectivity index (χ0v) is 13.3. The monoisotopic (exact) mass is 304 g/mol. The van der Waals surface area contributed by atoms with E-state index in [0.29, 0.717) is 19.4 Å². The van der Waals surface area contributed by atoms with Crippen LogP contribution < -0.4 is 0 Å². The first kappa shape index (κ1) is 15.3. The number of ether oxygens (including phenoxy) is 1. The van der Waals surface area contributed by atoms with Gasteiger partial charge in [0.25, 0.3) is 0 Å². The topological polar surface area (TPSA) is 26.3 Å². The molecule has 0 atom stereocenters. The number of benzene rings is 3. The van der Waals surface area contributed by atoms with Gasteiger partial charge >= 0.3 is 5.97 Å². The predicted octanol–water partition coefficient (Wildman–Crippen LogP) is 5.35. The van der Waals surface area contributed by atoms with Gasteiger partial charge in [0.15, 0.2) is 0 Å². The highest BCUT2D eigenvalue weighted by molar-refractivity contribution is 6.10. The quantitative estimate of drug-likeness (QED) is 0.469. The van der Waals surface area contributed by atoms with Crippen LogP contribution in [0.4, 0.5) is 0 Å². The number of rotatable bonds is 5. The molecule has 2 heteroatoms. The zero-order valence-electron chi connectivity index (χ0n) is 13.3. The molecule has 0 aliphatic heterocycles. The lowest BCUT2D eigenvalue weighted by molar-refractivity contribution is -0.142. The summed E-state index contributed by atoms with van der Waals surface area (Å²) in [5.74, 6) is -0.138. The lowest BCUT2D eigenvalue weighted by Crippen LogP contribution is -2.02. The molecule has 0 saturated carbocycles. The molecule has 0 bridgehead atoms. The molecule has 0 saturated heterocycles. The molecule has 3 aromatic rings. The van der Waals surface area contributed by atoms with Gasteiger partial charge in [0.2, 0.25) is 0 Å². The molecule has 0 N–H and O–H groups in total. The van der Waals surface area contributed by atoms with E-state index in [1.807, 2.05) is 13.0 Å². The number of carbonyl (C=O) groups is 1. The van der Waals surface area contributed by atoms with Crippen LogP contribution in [0.1, 0.15) is 25.3 Å². The minimum absolute atomic E-state index is 0.138. The predicted molar refractivity (Wildman–Crippen MR) is 96.4 cm³/mol. The van der Waals surface area contributed by atoms with Gasteiger partial charge in [-0.25, -0.2) is 0 Å². The van der Waals surface area contributed by atoms with Crippen molar-refractivity contribution in [3.8, 4) is 0 Å². The van der Waals surface area contributed by atoms with Crippen LogP contribution in [0.15, 0.2) is 60.7 Å². The third-order valence-electron chi connectivity index (χ3n) is 3.92. The number of carbonyl (C=O) groups excluding carboxylic acids is 1. The van der Waals surface area contributed by atoms with Gasteiger partial charge in [0.05, 0.1) is 6.61 Å². The minimum atomic E-state index is -0.138. The van der Waals surface area contributed by atoms with Gasteiger partial charge in [-0.15, -0.1) is 0 Å². The Morgan fingerprint density at radius 2 is 1.70 bits per heavy atom. The molecule has 0 aromatic heterocycles. The number of hydrogen-bond donors (Lipinski definition) is 0. The fourth-order valence-corrected chi connectivity index (χ4v) is 2.87. The zero-order chi connectivity index (χ0) is 16.1. The van der Waals surface area contributed by atoms with Crippen molar-refractivity contribution in [3.63, 3.8) is 0 Å². The van der Waals surface area contributed by atoms with Gasteiger partial charge in [-0.2, -0.15) is 0 Å². The van der Waals surface area contributed by atoms with Crippen molar-refractivity contribution in [1.82, 2.24) is 0 Å². The largest absolute Gasteiger partial charge is 0.466 e. The molecular weight excluding hydrogens is 284 g/mol. The molecule has 0 radical (unpaired) electrons. The minimum Gasteiger partial charge on any atom is -0.466 e. The highest BCUT2D eigenvalue weighted by Gasteiger charge is 2.04. The summed E-state index contributed by atoms with van der Waals surface area (Å²) in [4.78, 5) is 11.4. The highest BCUT2D eigenvalue weighted by Crippen LogP contribution is 2.29. The molecule has 0 fully saturated rings. The Bertz CT molecular complexity index is 862. The summed E-state index contributed by atoms with van der Waals surface area (Å²) in [6, 6.07) is 19.1. The first-order valence-electron chi connectivity index (χ1n) is 8.02. The highest BCUT2D eigenvalue weighted by atomic mass is 16.5. The Hall–Kier alpha value is -2.61. The maximum atomic E-state index is 11.4. The Morgan fingerprint density at radius 1 is 1.00 bits per heavy atom. The van der Waals surface area contributed by atoms with Crippen molar-refractivity contribution in [3.05, 3.63) is 66.2 Å². The third-order valence-corrected chi connectivity index (χ3v) is 3.92. The summed E-state index contributed by atoms with van der Waals surface area (Å²) in [7, 11) is 0. The van der Waals surface area contributed by atoms with E-state index in [2.05, 4.69) is 60.7 Å². The first-order valence-corrected chi connectivity index (χ1v) is 8.02. The molecule has 3 aromatic carbocycles. The lowest BCUT2D eigenvalue weighted by Gasteiger charge is -2.07. The fourth-order valence-electron chi connectivity index (χ4n) is 2.87. The van der Waals surface area contributed by atoms with E-state index in [-0.39, 0.29) is 5.97 Å². The van der Waals surface area contributed by atoms with Crippen molar-refractivity contribution >= 4 is 33.6 Å². The molecule has 2 nitrogen and oxygen atoms in total. The fraction of sp³-hybridized carbons (Fsp3) is 0.190. The SMILES string of the molecule is CCOC(=O)CC/C=C/c1cc2ccccc2c2ccccc12. The van der Waals surface area contributed by atoms with Gasteiger partial charge in [-0.3, -0.25) is 4.79 Å². The Kier molecular flexibility index (Phi) is 4.72. The van der Waals surface area contributed by atoms with Crippen LogP contribution >= 0.6 is 0 Å². The summed E-state index contributed by atoms with van der Waals surface area (Å²) in [5.41, 5.74) is 1.18. The van der Waals surface area contributed by atoms with Crippen LogP contribution in [0.2, 0.25) is 0 Å². The first-order chi connectivity index (χ1) is 11.3. The number of allylic oxidation sites excluding steroid dienone is 1. The molecule has 116 valence electrons. The summed E-state index contributed by atoms with van der Waals surface area (Å²) in [5, 5.41) is 5.00. The maximum Gasteiger partial charge on any atom is 0.306 e. The molecular formula is C21H20O2. The van der Waals surface area contributed by atoms with Crippen LogP contribution in [-0.4, -0.2) is 12.6 Å². The summed E-state index contributed by atoms with van der Waals surface area (Å²) in [6.45, 7) is 2.27. The second-order valence-electron chi connectivity index (χ2n) is 5.48. The standard InChI is InChI=1S/C21H20O2/c1-2-23-21(22)14-8-4-10-17-15-16-9-3-5-11-18(16)20-13-7-6-12-19(17)20/h3-7,9-13,15H,2,8,14H2,1H3/b10-4+. The molecule has 0 heterocycles. The van der Waals surface area contributed by atoms with Gasteiger partial charge in [-0.05, 0) is 46.5 Å². The molecule has 23 heavy (non-hydrogen) atoms. The van der Waals surface area contributed by atoms with Gasteiger partial charge in [0, 0.05) is 6.42 Å². The molecule has 0 unspecified atom stereocenters. The normalized spacial score (nSPS) is 11.3. The van der Waals surface area contributed by atoms with Crippen LogP contribution in [0, 0.1) is 0 Å². The van der Waals surface area contributed by atoms with Crippen LogP contribution in [0.25, 0.3) is 27.6 Å². The van der Waals surface area contributed by atoms with Crippen molar-refractivity contribution in [1.29, 1.82) is 0 Å². The van der Waals surface area contributed by atoms with Gasteiger partial charge < -0.3 is 4.74 Å². The number of esters is 1. The third kappa shape index (κ3) is 3.42. The second kappa shape index (κ2) is 7.10. The number of hydrogen-bond acceptors (Lipinski definition) is 2. The van der Waals surface area contributed by atoms with E-state index in [4.69, 9.17) is 4.74 Å². The van der Waals surface area contributed by atoms with Crippen molar-refractivity contribution in [2.75, 3.05) is 6.61 Å². The summed E-state index contributed by atoms with van der Waals surface area (Å²) < 4.78 is 4.95. The van der Waals surface area contributed by atoms with E-state index >= 15 is 0 Å². The number of fused-ring (bicyclic) bond motifs is 3. The van der Waals surface area contributed by atoms with Crippen molar-refractivity contribution in [2.45, 2.75) is 19.8 Å². The van der Waals surface area contributed by atoms with Crippen LogP contribution in [-0.2, 0) is 9.53 Å². The summed E-state index contributed by atoms with van der Waals surface area (Å²) >= 11 is 0. The summed E-state index contributed by atoms with van der Waals surface area (Å²) in [6.07, 6.45) is 5.28. The maximum absolute atomic E-state index is 11.4. The van der Waals surface area contributed by atoms with E-state index in [1.165, 1.54) is 27.1 Å². The average Bonchev–Trinajstić information content (AvgIpc) is 2.59. The Labute approximate surface area is 136 Å². The van der Waals surface area contributed by atoms with Crippen LogP contribution in [0.5, 0.6) is 0 Å². The Balaban J connectivity index is 1.91. The van der Waals surface area contributed by atoms with Gasteiger partial charge in [-0.1, -0.05) is 60.7 Å². The van der Waals surface area contributed by atoms with Gasteiger partial charge in [0.1, 0.15) is 0 Å². The van der Waals surface area contributed by atoms with Crippen LogP contribution in [0.3, 0.4) is 0 Å². The molecule has 3 rings (SSSR count). The van der Waals surface area contributed by atoms with E-state index < -0.39 is 0 Å². The molecule has 0 aliphatic rings. The average molecular weight is 304 g/mol. The molecule has 0 amide bonds. The molecule has 0 spiro atoms. The second-order valence-corrected chi connectivity index (χ2v) is 5.48. The van der Waals surface area contributed by atoms with E-state index in [9.17, 15) is 4.79 Å². The lowest BCUT2D eigenvalue weighted by atomic mass is 9.97. The van der Waals surface area contributed by atoms with Crippen molar-refractivity contribution in [2.24, 2.45) is 0 Å². The Morgan fingerprint density at radius 3 is 2.48 bits per heavy atom. The van der Waals surface area contributed by atoms with Crippen molar-refractivity contribution < 1.29 is 9.53 Å².